The van der Waals surface area contributed by atoms with E-state index in [0.717, 1.165) is 10.7 Å². The largest absolute Gasteiger partial charge is 0.261 e. The Morgan fingerprint density at radius 3 is 2.82 bits per heavy atom. The molecule has 0 radical (unpaired) electrons. The third-order valence-corrected chi connectivity index (χ3v) is 3.99. The minimum Gasteiger partial charge on any atom is -0.261 e. The number of halogens is 2. The first-order chi connectivity index (χ1) is 7.88. The van der Waals surface area contributed by atoms with Crippen LogP contribution in [-0.4, -0.2) is 30.2 Å². The van der Waals surface area contributed by atoms with Crippen molar-refractivity contribution in [1.82, 2.24) is 9.78 Å². The van der Waals surface area contributed by atoms with Crippen molar-refractivity contribution in [1.29, 1.82) is 0 Å². The maximum Gasteiger partial charge on any atom is 0.149 e. The number of aromatic nitrogens is 2. The molecule has 0 saturated heterocycles. The number of benzene rings is 1. The molecule has 0 saturated carbocycles. The zero-order valence-corrected chi connectivity index (χ0v) is 11.4. The van der Waals surface area contributed by atoms with Crippen molar-refractivity contribution in [3.05, 3.63) is 28.6 Å². The van der Waals surface area contributed by atoms with Gasteiger partial charge in [0, 0.05) is 16.1 Å². The molecule has 1 heterocycles. The van der Waals surface area contributed by atoms with Gasteiger partial charge in [-0.2, -0.15) is 5.10 Å². The first-order valence-electron chi connectivity index (χ1n) is 4.86. The highest BCUT2D eigenvalue weighted by molar-refractivity contribution is 9.10. The number of hydrogen-bond donors (Lipinski definition) is 0. The molecule has 7 heteroatoms. The zero-order valence-electron chi connectivity index (χ0n) is 9.02. The second-order valence-corrected chi connectivity index (χ2v) is 6.90. The average molecular weight is 321 g/mol. The van der Waals surface area contributed by atoms with Gasteiger partial charge >= 0.3 is 0 Å². The van der Waals surface area contributed by atoms with E-state index < -0.39 is 15.7 Å². The van der Waals surface area contributed by atoms with Crippen LogP contribution in [0.1, 0.15) is 0 Å². The molecule has 1 aromatic heterocycles. The van der Waals surface area contributed by atoms with E-state index in [1.807, 2.05) is 0 Å². The molecule has 0 unspecified atom stereocenters. The highest BCUT2D eigenvalue weighted by Crippen LogP contribution is 2.25. The Morgan fingerprint density at radius 2 is 2.18 bits per heavy atom. The van der Waals surface area contributed by atoms with Crippen molar-refractivity contribution in [2.45, 2.75) is 6.54 Å². The van der Waals surface area contributed by atoms with Crippen LogP contribution < -0.4 is 0 Å². The summed E-state index contributed by atoms with van der Waals surface area (Å²) in [7, 11) is -3.09. The molecule has 1 aromatic carbocycles. The van der Waals surface area contributed by atoms with E-state index in [0.29, 0.717) is 10.9 Å². The van der Waals surface area contributed by atoms with Crippen molar-refractivity contribution in [2.24, 2.45) is 0 Å². The summed E-state index contributed by atoms with van der Waals surface area (Å²) in [6.45, 7) is 0.149. The molecule has 0 amide bonds. The standard InChI is InChI=1S/C10H10BrFN2O2S/c1-17(15,16)5-4-14-10-7(6-13-14)8(11)2-3-9(10)12/h2-3,6H,4-5H2,1H3. The molecular formula is C10H10BrFN2O2S. The van der Waals surface area contributed by atoms with Crippen LogP contribution in [-0.2, 0) is 16.4 Å². The van der Waals surface area contributed by atoms with Crippen LogP contribution in [0.3, 0.4) is 0 Å². The van der Waals surface area contributed by atoms with Gasteiger partial charge in [-0.3, -0.25) is 4.68 Å². The topological polar surface area (TPSA) is 52.0 Å². The van der Waals surface area contributed by atoms with Gasteiger partial charge < -0.3 is 0 Å². The summed E-state index contributed by atoms with van der Waals surface area (Å²) in [5, 5.41) is 4.64. The fraction of sp³-hybridized carbons (Fsp3) is 0.300. The molecule has 0 aliphatic carbocycles. The molecule has 0 spiro atoms. The molecule has 92 valence electrons. The second-order valence-electron chi connectivity index (χ2n) is 3.79. The van der Waals surface area contributed by atoms with Gasteiger partial charge in [0.2, 0.25) is 0 Å². The van der Waals surface area contributed by atoms with Gasteiger partial charge in [-0.25, -0.2) is 12.8 Å². The second kappa shape index (κ2) is 4.38. The Bertz CT molecular complexity index is 666. The van der Waals surface area contributed by atoms with Crippen LogP contribution in [0.5, 0.6) is 0 Å². The highest BCUT2D eigenvalue weighted by atomic mass is 79.9. The Kier molecular flexibility index (Phi) is 3.22. The number of hydrogen-bond acceptors (Lipinski definition) is 3. The summed E-state index contributed by atoms with van der Waals surface area (Å²) < 4.78 is 37.9. The van der Waals surface area contributed by atoms with Gasteiger partial charge in [-0.15, -0.1) is 0 Å². The molecule has 17 heavy (non-hydrogen) atoms. The average Bonchev–Trinajstić information content (AvgIpc) is 2.64. The Labute approximate surface area is 106 Å². The van der Waals surface area contributed by atoms with Gasteiger partial charge in [-0.05, 0) is 12.1 Å². The molecular weight excluding hydrogens is 311 g/mol. The van der Waals surface area contributed by atoms with Gasteiger partial charge in [0.15, 0.2) is 0 Å². The summed E-state index contributed by atoms with van der Waals surface area (Å²) in [6, 6.07) is 2.92. The lowest BCUT2D eigenvalue weighted by Gasteiger charge is -2.03. The first-order valence-corrected chi connectivity index (χ1v) is 7.71. The van der Waals surface area contributed by atoms with Crippen LogP contribution >= 0.6 is 15.9 Å². The highest BCUT2D eigenvalue weighted by Gasteiger charge is 2.12. The van der Waals surface area contributed by atoms with Crippen molar-refractivity contribution < 1.29 is 12.8 Å². The summed E-state index contributed by atoms with van der Waals surface area (Å²) in [6.07, 6.45) is 2.66. The number of rotatable bonds is 3. The third kappa shape index (κ3) is 2.66. The predicted molar refractivity (Wildman–Crippen MR) is 67.1 cm³/mol. The lowest BCUT2D eigenvalue weighted by molar-refractivity contribution is 0.582. The normalized spacial score (nSPS) is 12.2. The minimum atomic E-state index is -3.09. The quantitative estimate of drug-likeness (QED) is 0.869. The van der Waals surface area contributed by atoms with E-state index in [1.165, 1.54) is 16.9 Å². The maximum atomic E-state index is 13.6. The number of nitrogens with zero attached hydrogens (tertiary/aromatic N) is 2. The van der Waals surface area contributed by atoms with E-state index in [2.05, 4.69) is 21.0 Å². The monoisotopic (exact) mass is 320 g/mol. The van der Waals surface area contributed by atoms with E-state index in [1.54, 1.807) is 6.07 Å². The third-order valence-electron chi connectivity index (χ3n) is 2.37. The number of fused-ring (bicyclic) bond motifs is 1. The van der Waals surface area contributed by atoms with E-state index in [9.17, 15) is 12.8 Å². The molecule has 0 aliphatic heterocycles. The molecule has 0 fully saturated rings. The molecule has 0 aliphatic rings. The fourth-order valence-corrected chi connectivity index (χ4v) is 2.48. The van der Waals surface area contributed by atoms with Crippen molar-refractivity contribution in [2.75, 3.05) is 12.0 Å². The van der Waals surface area contributed by atoms with Crippen molar-refractivity contribution >= 4 is 36.7 Å². The Hall–Kier alpha value is -0.950. The van der Waals surface area contributed by atoms with Gasteiger partial charge in [0.05, 0.1) is 18.5 Å². The minimum absolute atomic E-state index is 0.0598. The zero-order chi connectivity index (χ0) is 12.6. The van der Waals surface area contributed by atoms with Crippen molar-refractivity contribution in [3.63, 3.8) is 0 Å². The molecule has 2 rings (SSSR count). The fourth-order valence-electron chi connectivity index (χ4n) is 1.55. The Morgan fingerprint density at radius 1 is 1.47 bits per heavy atom. The number of sulfone groups is 1. The summed E-state index contributed by atoms with van der Waals surface area (Å²) in [4.78, 5) is 0. The molecule has 4 nitrogen and oxygen atoms in total. The van der Waals surface area contributed by atoms with Gasteiger partial charge in [0.25, 0.3) is 0 Å². The lowest BCUT2D eigenvalue weighted by Crippen LogP contribution is -2.12. The van der Waals surface area contributed by atoms with Crippen LogP contribution in [0.2, 0.25) is 0 Å². The predicted octanol–water partition coefficient (Wildman–Crippen LogP) is 1.98. The van der Waals surface area contributed by atoms with E-state index >= 15 is 0 Å². The van der Waals surface area contributed by atoms with E-state index in [4.69, 9.17) is 0 Å². The van der Waals surface area contributed by atoms with Crippen LogP contribution in [0.4, 0.5) is 4.39 Å². The first kappa shape index (κ1) is 12.5. The van der Waals surface area contributed by atoms with Crippen LogP contribution in [0.25, 0.3) is 10.9 Å². The molecule has 0 atom stereocenters. The van der Waals surface area contributed by atoms with Gasteiger partial charge in [0.1, 0.15) is 21.2 Å². The van der Waals surface area contributed by atoms with Crippen LogP contribution in [0, 0.1) is 5.82 Å². The van der Waals surface area contributed by atoms with Crippen LogP contribution in [0.15, 0.2) is 22.8 Å². The molecule has 2 aromatic rings. The molecule has 0 bridgehead atoms. The maximum absolute atomic E-state index is 13.6. The number of aryl methyl sites for hydroxylation is 1. The Balaban J connectivity index is 2.46. The smallest absolute Gasteiger partial charge is 0.149 e. The molecule has 0 N–H and O–H groups in total. The van der Waals surface area contributed by atoms with Gasteiger partial charge in [-0.1, -0.05) is 15.9 Å². The van der Waals surface area contributed by atoms with E-state index in [-0.39, 0.29) is 12.3 Å². The summed E-state index contributed by atoms with van der Waals surface area (Å²) >= 11 is 3.30. The van der Waals surface area contributed by atoms with Crippen molar-refractivity contribution in [3.8, 4) is 0 Å². The SMILES string of the molecule is CS(=O)(=O)CCn1ncc2c(Br)ccc(F)c21. The summed E-state index contributed by atoms with van der Waals surface area (Å²) in [5.74, 6) is -0.468. The summed E-state index contributed by atoms with van der Waals surface area (Å²) in [5.41, 5.74) is 0.322. The lowest BCUT2D eigenvalue weighted by atomic mass is 10.2.